The lowest BCUT2D eigenvalue weighted by atomic mass is 10.1. The fourth-order valence-electron chi connectivity index (χ4n) is 1.01. The third-order valence-electron chi connectivity index (χ3n) is 2.44. The highest BCUT2D eigenvalue weighted by Gasteiger charge is 2.17. The highest BCUT2D eigenvalue weighted by atomic mass is 16.6. The van der Waals surface area contributed by atoms with Crippen LogP contribution >= 0.6 is 0 Å². The van der Waals surface area contributed by atoms with Crippen molar-refractivity contribution in [3.63, 3.8) is 0 Å². The number of carbonyl (C=O) groups excluding carboxylic acids is 1. The molecule has 6 heteroatoms. The average molecular weight is 263 g/mol. The number of hydrogen-bond donors (Lipinski definition) is 1. The van der Waals surface area contributed by atoms with Crippen LogP contribution in [0.3, 0.4) is 0 Å². The Morgan fingerprint density at radius 3 is 2.00 bits per heavy atom. The van der Waals surface area contributed by atoms with Crippen LogP contribution in [0, 0.1) is 5.92 Å². The predicted octanol–water partition coefficient (Wildman–Crippen LogP) is 0.193. The van der Waals surface area contributed by atoms with Gasteiger partial charge in [0.25, 0.3) is 0 Å². The van der Waals surface area contributed by atoms with Crippen LogP contribution in [0.2, 0.25) is 0 Å². The minimum absolute atomic E-state index is 0.201. The Balaban J connectivity index is 3.27. The summed E-state index contributed by atoms with van der Waals surface area (Å²) in [6, 6.07) is -0.201. The highest BCUT2D eigenvalue weighted by molar-refractivity contribution is 5.72. The van der Waals surface area contributed by atoms with Crippen molar-refractivity contribution >= 4 is 5.97 Å². The van der Waals surface area contributed by atoms with Crippen LogP contribution in [0.5, 0.6) is 0 Å². The molecule has 0 radical (unpaired) electrons. The summed E-state index contributed by atoms with van der Waals surface area (Å²) in [5.74, 6) is -0.577. The molecule has 0 saturated heterocycles. The van der Waals surface area contributed by atoms with Gasteiger partial charge in [-0.2, -0.15) is 0 Å². The van der Waals surface area contributed by atoms with Crippen molar-refractivity contribution in [1.82, 2.24) is 0 Å². The Morgan fingerprint density at radius 1 is 1.00 bits per heavy atom. The standard InChI is InChI=1S/C12H25NO5/c1-10(11(2)13)12(14)18-9-8-17-7-6-16-5-4-15-3/h10-11H,4-9,13H2,1-3H3. The number of ether oxygens (including phenoxy) is 4. The third kappa shape index (κ3) is 9.35. The van der Waals surface area contributed by atoms with E-state index in [-0.39, 0.29) is 24.5 Å². The molecule has 108 valence electrons. The zero-order chi connectivity index (χ0) is 13.8. The van der Waals surface area contributed by atoms with E-state index in [9.17, 15) is 4.79 Å². The Hall–Kier alpha value is -0.690. The van der Waals surface area contributed by atoms with Gasteiger partial charge < -0.3 is 24.7 Å². The molecule has 0 amide bonds. The maximum Gasteiger partial charge on any atom is 0.310 e. The van der Waals surface area contributed by atoms with Crippen LogP contribution in [0.15, 0.2) is 0 Å². The van der Waals surface area contributed by atoms with E-state index in [0.29, 0.717) is 33.0 Å². The van der Waals surface area contributed by atoms with E-state index in [2.05, 4.69) is 0 Å². The second kappa shape index (κ2) is 11.4. The largest absolute Gasteiger partial charge is 0.463 e. The van der Waals surface area contributed by atoms with Crippen LogP contribution in [0.1, 0.15) is 13.8 Å². The Labute approximate surface area is 109 Å². The van der Waals surface area contributed by atoms with Gasteiger partial charge in [-0.25, -0.2) is 0 Å². The van der Waals surface area contributed by atoms with Crippen LogP contribution in [-0.2, 0) is 23.7 Å². The molecule has 0 spiro atoms. The molecule has 0 saturated carbocycles. The van der Waals surface area contributed by atoms with E-state index in [1.165, 1.54) is 0 Å². The molecule has 6 nitrogen and oxygen atoms in total. The van der Waals surface area contributed by atoms with E-state index in [0.717, 1.165) is 0 Å². The van der Waals surface area contributed by atoms with Gasteiger partial charge in [-0.15, -0.1) is 0 Å². The Kier molecular flexibility index (Phi) is 11.0. The molecule has 18 heavy (non-hydrogen) atoms. The van der Waals surface area contributed by atoms with Gasteiger partial charge in [-0.3, -0.25) is 4.79 Å². The van der Waals surface area contributed by atoms with Gasteiger partial charge in [0.15, 0.2) is 0 Å². The monoisotopic (exact) mass is 263 g/mol. The lowest BCUT2D eigenvalue weighted by Crippen LogP contribution is -2.32. The van der Waals surface area contributed by atoms with Crippen LogP contribution < -0.4 is 5.73 Å². The van der Waals surface area contributed by atoms with Crippen molar-refractivity contribution in [2.75, 3.05) is 46.8 Å². The number of hydrogen-bond acceptors (Lipinski definition) is 6. The van der Waals surface area contributed by atoms with Crippen molar-refractivity contribution in [1.29, 1.82) is 0 Å². The van der Waals surface area contributed by atoms with E-state index in [1.54, 1.807) is 21.0 Å². The van der Waals surface area contributed by atoms with Crippen LogP contribution in [-0.4, -0.2) is 58.8 Å². The lowest BCUT2D eigenvalue weighted by Gasteiger charge is -2.14. The molecular weight excluding hydrogens is 238 g/mol. The molecule has 0 aromatic heterocycles. The van der Waals surface area contributed by atoms with Crippen LogP contribution in [0.4, 0.5) is 0 Å². The summed E-state index contributed by atoms with van der Waals surface area (Å²) in [4.78, 5) is 11.4. The quantitative estimate of drug-likeness (QED) is 0.423. The maximum atomic E-state index is 11.4. The topological polar surface area (TPSA) is 80.0 Å². The van der Waals surface area contributed by atoms with Gasteiger partial charge in [0.2, 0.25) is 0 Å². The molecular formula is C12H25NO5. The van der Waals surface area contributed by atoms with Gasteiger partial charge in [0.05, 0.1) is 39.0 Å². The van der Waals surface area contributed by atoms with Gasteiger partial charge in [0, 0.05) is 13.2 Å². The lowest BCUT2D eigenvalue weighted by molar-refractivity contribution is -0.150. The molecule has 0 aliphatic rings. The van der Waals surface area contributed by atoms with Gasteiger partial charge in [-0.05, 0) is 6.92 Å². The molecule has 0 heterocycles. The van der Waals surface area contributed by atoms with Gasteiger partial charge in [-0.1, -0.05) is 6.92 Å². The summed E-state index contributed by atoms with van der Waals surface area (Å²) in [5.41, 5.74) is 5.59. The number of esters is 1. The zero-order valence-electron chi connectivity index (χ0n) is 11.5. The summed E-state index contributed by atoms with van der Waals surface area (Å²) in [7, 11) is 1.62. The minimum Gasteiger partial charge on any atom is -0.463 e. The van der Waals surface area contributed by atoms with Gasteiger partial charge >= 0.3 is 5.97 Å². The Bertz CT molecular complexity index is 211. The molecule has 0 aliphatic carbocycles. The number of rotatable bonds is 11. The average Bonchev–Trinajstić information content (AvgIpc) is 2.35. The molecule has 0 rings (SSSR count). The number of nitrogens with two attached hydrogens (primary N) is 1. The minimum atomic E-state index is -0.289. The molecule has 0 bridgehead atoms. The molecule has 0 fully saturated rings. The summed E-state index contributed by atoms with van der Waals surface area (Å²) < 4.78 is 20.3. The smallest absolute Gasteiger partial charge is 0.310 e. The second-order valence-electron chi connectivity index (χ2n) is 4.03. The molecule has 0 aromatic carbocycles. The SMILES string of the molecule is COCCOCCOCCOC(=O)C(C)C(C)N. The summed E-state index contributed by atoms with van der Waals surface area (Å²) in [6.45, 7) is 6.25. The number of methoxy groups -OCH3 is 1. The Morgan fingerprint density at radius 2 is 1.50 bits per heavy atom. The fourth-order valence-corrected chi connectivity index (χ4v) is 1.01. The molecule has 0 aromatic rings. The van der Waals surface area contributed by atoms with E-state index in [4.69, 9.17) is 24.7 Å². The number of carbonyl (C=O) groups is 1. The van der Waals surface area contributed by atoms with E-state index >= 15 is 0 Å². The summed E-state index contributed by atoms with van der Waals surface area (Å²) in [5, 5.41) is 0. The zero-order valence-corrected chi connectivity index (χ0v) is 11.5. The first-order valence-electron chi connectivity index (χ1n) is 6.16. The molecule has 2 N–H and O–H groups in total. The second-order valence-corrected chi connectivity index (χ2v) is 4.03. The van der Waals surface area contributed by atoms with Crippen LogP contribution in [0.25, 0.3) is 0 Å². The molecule has 2 unspecified atom stereocenters. The summed E-state index contributed by atoms with van der Waals surface area (Å²) >= 11 is 0. The predicted molar refractivity (Wildman–Crippen MR) is 67.3 cm³/mol. The first-order chi connectivity index (χ1) is 8.59. The first-order valence-corrected chi connectivity index (χ1v) is 6.16. The van der Waals surface area contributed by atoms with Gasteiger partial charge in [0.1, 0.15) is 6.61 Å². The normalized spacial score (nSPS) is 14.2. The highest BCUT2D eigenvalue weighted by Crippen LogP contribution is 2.02. The third-order valence-corrected chi connectivity index (χ3v) is 2.44. The van der Waals surface area contributed by atoms with Crippen molar-refractivity contribution in [2.24, 2.45) is 11.7 Å². The summed E-state index contributed by atoms with van der Waals surface area (Å²) in [6.07, 6.45) is 0. The maximum absolute atomic E-state index is 11.4. The van der Waals surface area contributed by atoms with Crippen molar-refractivity contribution in [3.8, 4) is 0 Å². The van der Waals surface area contributed by atoms with Crippen molar-refractivity contribution in [3.05, 3.63) is 0 Å². The van der Waals surface area contributed by atoms with Crippen molar-refractivity contribution < 1.29 is 23.7 Å². The van der Waals surface area contributed by atoms with E-state index < -0.39 is 0 Å². The molecule has 0 aliphatic heterocycles. The fraction of sp³-hybridized carbons (Fsp3) is 0.917. The molecule has 2 atom stereocenters. The van der Waals surface area contributed by atoms with E-state index in [1.807, 2.05) is 0 Å². The first kappa shape index (κ1) is 17.3. The van der Waals surface area contributed by atoms with Crippen molar-refractivity contribution in [2.45, 2.75) is 19.9 Å².